The van der Waals surface area contributed by atoms with Crippen molar-refractivity contribution in [2.24, 2.45) is 0 Å². The zero-order valence-electron chi connectivity index (χ0n) is 17.0. The van der Waals surface area contributed by atoms with Gasteiger partial charge in [0.15, 0.2) is 9.84 Å². The number of alkyl halides is 3. The van der Waals surface area contributed by atoms with Crippen molar-refractivity contribution in [1.82, 2.24) is 5.32 Å². The summed E-state index contributed by atoms with van der Waals surface area (Å²) >= 11 is 1.06. The number of thiophene rings is 1. The van der Waals surface area contributed by atoms with Gasteiger partial charge in [-0.3, -0.25) is 5.41 Å². The van der Waals surface area contributed by atoms with Crippen LogP contribution in [0.1, 0.15) is 10.4 Å². The minimum Gasteiger partial charge on any atom is -0.380 e. The highest BCUT2D eigenvalue weighted by molar-refractivity contribution is 7.90. The summed E-state index contributed by atoms with van der Waals surface area (Å²) in [4.78, 5) is 0.982. The van der Waals surface area contributed by atoms with Crippen molar-refractivity contribution in [2.45, 2.75) is 17.6 Å². The highest BCUT2D eigenvalue weighted by Gasteiger charge is 2.33. The quantitative estimate of drug-likeness (QED) is 0.318. The van der Waals surface area contributed by atoms with Crippen LogP contribution in [-0.2, 0) is 16.4 Å². The van der Waals surface area contributed by atoms with Crippen molar-refractivity contribution in [3.05, 3.63) is 82.7 Å². The lowest BCUT2D eigenvalue weighted by Gasteiger charge is -2.12. The molecule has 3 rings (SSSR count). The first-order valence-corrected chi connectivity index (χ1v) is 12.0. The van der Waals surface area contributed by atoms with Crippen LogP contribution in [0.2, 0.25) is 0 Å². The number of nitrogens with one attached hydrogen (secondary N) is 2. The summed E-state index contributed by atoms with van der Waals surface area (Å²) in [6, 6.07) is 12.1. The monoisotopic (exact) mass is 500 g/mol. The fraction of sp³-hybridized carbons (Fsp3) is 0.136. The molecule has 0 bridgehead atoms. The van der Waals surface area contributed by atoms with Gasteiger partial charge in [-0.1, -0.05) is 18.2 Å². The number of halogens is 5. The molecule has 0 saturated carbocycles. The summed E-state index contributed by atoms with van der Waals surface area (Å²) in [5, 5.41) is 10.0. The Morgan fingerprint density at radius 2 is 1.82 bits per heavy atom. The number of hydrogen-bond donors (Lipinski definition) is 2. The second-order valence-electron chi connectivity index (χ2n) is 7.02. The molecule has 2 N–H and O–H groups in total. The Kier molecular flexibility index (Phi) is 7.03. The van der Waals surface area contributed by atoms with Gasteiger partial charge in [0.25, 0.3) is 0 Å². The first-order valence-electron chi connectivity index (χ1n) is 9.30. The highest BCUT2D eigenvalue weighted by Crippen LogP contribution is 2.33. The maximum absolute atomic E-state index is 13.9. The Hall–Kier alpha value is -3.05. The summed E-state index contributed by atoms with van der Waals surface area (Å²) in [6.07, 6.45) is -3.24. The van der Waals surface area contributed by atoms with E-state index in [2.05, 4.69) is 5.32 Å². The number of hydrogen-bond acceptors (Lipinski definition) is 5. The van der Waals surface area contributed by atoms with Gasteiger partial charge in [-0.05, 0) is 42.0 Å². The van der Waals surface area contributed by atoms with E-state index < -0.39 is 33.4 Å². The molecule has 0 fully saturated rings. The molecule has 0 amide bonds. The SMILES string of the molecule is CS(=O)(=O)c1cccc(-c2ccc(/C(=C/C(=N)C(F)(F)F)NCc3ccc(F)cc3F)s2)c1. The summed E-state index contributed by atoms with van der Waals surface area (Å²) < 4.78 is 89.6. The van der Waals surface area contributed by atoms with E-state index in [1.165, 1.54) is 24.3 Å². The van der Waals surface area contributed by atoms with Gasteiger partial charge in [-0.25, -0.2) is 17.2 Å². The fourth-order valence-electron chi connectivity index (χ4n) is 2.81. The van der Waals surface area contributed by atoms with Gasteiger partial charge < -0.3 is 5.32 Å². The maximum atomic E-state index is 13.9. The molecule has 0 saturated heterocycles. The third-order valence-electron chi connectivity index (χ3n) is 4.50. The van der Waals surface area contributed by atoms with Gasteiger partial charge in [0.2, 0.25) is 0 Å². The van der Waals surface area contributed by atoms with Gasteiger partial charge in [-0.2, -0.15) is 13.2 Å². The topological polar surface area (TPSA) is 70.0 Å². The molecule has 0 radical (unpaired) electrons. The Morgan fingerprint density at radius 3 is 2.45 bits per heavy atom. The van der Waals surface area contributed by atoms with E-state index in [0.29, 0.717) is 27.5 Å². The van der Waals surface area contributed by atoms with Crippen molar-refractivity contribution >= 4 is 32.6 Å². The molecule has 4 nitrogen and oxygen atoms in total. The van der Waals surface area contributed by atoms with Gasteiger partial charge in [-0.15, -0.1) is 11.3 Å². The molecule has 11 heteroatoms. The van der Waals surface area contributed by atoms with E-state index in [-0.39, 0.29) is 22.7 Å². The Morgan fingerprint density at radius 1 is 1.09 bits per heavy atom. The predicted octanol–water partition coefficient (Wildman–Crippen LogP) is 5.81. The normalized spacial score (nSPS) is 12.6. The lowest BCUT2D eigenvalue weighted by molar-refractivity contribution is -0.0584. The van der Waals surface area contributed by atoms with Gasteiger partial charge in [0, 0.05) is 29.3 Å². The maximum Gasteiger partial charge on any atom is 0.432 e. The van der Waals surface area contributed by atoms with E-state index in [4.69, 9.17) is 5.41 Å². The molecule has 33 heavy (non-hydrogen) atoms. The molecule has 0 spiro atoms. The summed E-state index contributed by atoms with van der Waals surface area (Å²) in [5.74, 6) is -1.65. The molecule has 0 aliphatic rings. The molecule has 1 heterocycles. The van der Waals surface area contributed by atoms with E-state index in [9.17, 15) is 30.4 Å². The molecule has 0 aliphatic carbocycles. The average Bonchev–Trinajstić information content (AvgIpc) is 3.21. The summed E-state index contributed by atoms with van der Waals surface area (Å²) in [5.41, 5.74) is -1.13. The number of benzene rings is 2. The van der Waals surface area contributed by atoms with Crippen molar-refractivity contribution < 1.29 is 30.4 Å². The molecule has 0 unspecified atom stereocenters. The lowest BCUT2D eigenvalue weighted by atomic mass is 10.1. The van der Waals surface area contributed by atoms with Gasteiger partial charge in [0.1, 0.15) is 17.3 Å². The van der Waals surface area contributed by atoms with E-state index >= 15 is 0 Å². The zero-order valence-corrected chi connectivity index (χ0v) is 18.6. The lowest BCUT2D eigenvalue weighted by Crippen LogP contribution is -2.22. The second kappa shape index (κ2) is 9.44. The van der Waals surface area contributed by atoms with Crippen molar-refractivity contribution in [1.29, 1.82) is 5.41 Å². The minimum absolute atomic E-state index is 0.0264. The third kappa shape index (κ3) is 6.26. The molecule has 0 atom stereocenters. The Balaban J connectivity index is 1.95. The van der Waals surface area contributed by atoms with E-state index in [0.717, 1.165) is 23.7 Å². The third-order valence-corrected chi connectivity index (χ3v) is 6.77. The fourth-order valence-corrected chi connectivity index (χ4v) is 4.47. The highest BCUT2D eigenvalue weighted by atomic mass is 32.2. The number of rotatable bonds is 7. The zero-order chi connectivity index (χ0) is 24.4. The molecule has 174 valence electrons. The van der Waals surface area contributed by atoms with Crippen molar-refractivity contribution in [3.8, 4) is 10.4 Å². The van der Waals surface area contributed by atoms with Crippen molar-refractivity contribution in [3.63, 3.8) is 0 Å². The van der Waals surface area contributed by atoms with Crippen LogP contribution < -0.4 is 5.32 Å². The molecule has 0 aliphatic heterocycles. The standard InChI is InChI=1S/C22H17F5N2O2S2/c1-33(30,31)16-4-2-3-13(9-16)19-7-8-20(32-19)18(11-21(28)22(25,26)27)29-12-14-5-6-15(23)10-17(14)24/h2-11,28-29H,12H2,1H3/b18-11-,28-21?. The second-order valence-corrected chi connectivity index (χ2v) is 10.1. The van der Waals surface area contributed by atoms with Gasteiger partial charge >= 0.3 is 6.18 Å². The summed E-state index contributed by atoms with van der Waals surface area (Å²) in [6.45, 7) is -0.250. The smallest absolute Gasteiger partial charge is 0.380 e. The molecular formula is C22H17F5N2O2S2. The Bertz CT molecular complexity index is 1330. The van der Waals surface area contributed by atoms with Crippen LogP contribution in [-0.4, -0.2) is 26.6 Å². The van der Waals surface area contributed by atoms with Gasteiger partial charge in [0.05, 0.1) is 15.5 Å². The van der Waals surface area contributed by atoms with Crippen LogP contribution in [0.25, 0.3) is 16.1 Å². The van der Waals surface area contributed by atoms with Crippen LogP contribution in [0.3, 0.4) is 0 Å². The largest absolute Gasteiger partial charge is 0.432 e. The Labute approximate surface area is 190 Å². The first kappa shape index (κ1) is 24.6. The van der Waals surface area contributed by atoms with Crippen LogP contribution in [0.15, 0.2) is 65.6 Å². The molecule has 1 aromatic heterocycles. The van der Waals surface area contributed by atoms with E-state index in [1.54, 1.807) is 18.2 Å². The van der Waals surface area contributed by atoms with Crippen molar-refractivity contribution in [2.75, 3.05) is 6.26 Å². The summed E-state index contributed by atoms with van der Waals surface area (Å²) in [7, 11) is -3.46. The predicted molar refractivity (Wildman–Crippen MR) is 118 cm³/mol. The number of allylic oxidation sites excluding steroid dienone is 1. The van der Waals surface area contributed by atoms with Crippen LogP contribution in [0.5, 0.6) is 0 Å². The molecule has 3 aromatic rings. The first-order chi connectivity index (χ1) is 15.3. The van der Waals surface area contributed by atoms with Crippen LogP contribution >= 0.6 is 11.3 Å². The number of sulfone groups is 1. The van der Waals surface area contributed by atoms with Crippen LogP contribution in [0, 0.1) is 17.0 Å². The molecule has 2 aromatic carbocycles. The average molecular weight is 501 g/mol. The van der Waals surface area contributed by atoms with Crippen LogP contribution in [0.4, 0.5) is 22.0 Å². The minimum atomic E-state index is -4.89. The van der Waals surface area contributed by atoms with E-state index in [1.807, 2.05) is 0 Å². The molecular weight excluding hydrogens is 483 g/mol.